The SMILES string of the molecule is Cc1ccc(S(=O)(=O)N2CCC3(CC2)CN(C(=O)N(C)C)CC32CCN(C)C2=O)cc1. The summed E-state index contributed by atoms with van der Waals surface area (Å²) in [4.78, 5) is 31.5. The van der Waals surface area contributed by atoms with Crippen molar-refractivity contribution < 1.29 is 18.0 Å². The van der Waals surface area contributed by atoms with Crippen molar-refractivity contribution >= 4 is 22.0 Å². The van der Waals surface area contributed by atoms with Gasteiger partial charge in [0.1, 0.15) is 0 Å². The molecule has 0 aromatic heterocycles. The van der Waals surface area contributed by atoms with Crippen LogP contribution in [-0.4, -0.2) is 93.2 Å². The van der Waals surface area contributed by atoms with Gasteiger partial charge in [-0.1, -0.05) is 17.7 Å². The monoisotopic (exact) mass is 448 g/mol. The van der Waals surface area contributed by atoms with Crippen molar-refractivity contribution in [2.75, 3.05) is 53.9 Å². The van der Waals surface area contributed by atoms with Crippen molar-refractivity contribution in [3.05, 3.63) is 29.8 Å². The van der Waals surface area contributed by atoms with Crippen LogP contribution in [0.15, 0.2) is 29.2 Å². The van der Waals surface area contributed by atoms with Gasteiger partial charge in [0.2, 0.25) is 15.9 Å². The van der Waals surface area contributed by atoms with E-state index in [1.54, 1.807) is 40.9 Å². The maximum absolute atomic E-state index is 13.3. The van der Waals surface area contributed by atoms with E-state index in [4.69, 9.17) is 0 Å². The maximum atomic E-state index is 13.3. The summed E-state index contributed by atoms with van der Waals surface area (Å²) in [5.41, 5.74) is 0.00592. The third-order valence-electron chi connectivity index (χ3n) is 7.59. The first-order chi connectivity index (χ1) is 14.5. The number of urea groups is 1. The summed E-state index contributed by atoms with van der Waals surface area (Å²) in [6.07, 6.45) is 1.87. The first-order valence-electron chi connectivity index (χ1n) is 10.8. The van der Waals surface area contributed by atoms with E-state index in [1.165, 1.54) is 4.31 Å². The summed E-state index contributed by atoms with van der Waals surface area (Å²) in [5.74, 6) is 0.0939. The largest absolute Gasteiger partial charge is 0.345 e. The van der Waals surface area contributed by atoms with Crippen LogP contribution in [0.2, 0.25) is 0 Å². The van der Waals surface area contributed by atoms with E-state index in [1.807, 2.05) is 26.1 Å². The normalized spacial score (nSPS) is 26.3. The Morgan fingerprint density at radius 2 is 1.61 bits per heavy atom. The van der Waals surface area contributed by atoms with Crippen molar-refractivity contribution in [2.24, 2.45) is 10.8 Å². The second kappa shape index (κ2) is 7.48. The minimum absolute atomic E-state index is 0.0895. The molecule has 3 saturated heterocycles. The Labute approximate surface area is 184 Å². The fraction of sp³-hybridized carbons (Fsp3) is 0.636. The highest BCUT2D eigenvalue weighted by Crippen LogP contribution is 2.58. The van der Waals surface area contributed by atoms with Gasteiger partial charge in [-0.2, -0.15) is 4.31 Å². The highest BCUT2D eigenvalue weighted by Gasteiger charge is 2.65. The maximum Gasteiger partial charge on any atom is 0.319 e. The van der Waals surface area contributed by atoms with Crippen molar-refractivity contribution in [3.63, 3.8) is 0 Å². The lowest BCUT2D eigenvalue weighted by molar-refractivity contribution is -0.140. The van der Waals surface area contributed by atoms with E-state index in [0.29, 0.717) is 56.9 Å². The minimum atomic E-state index is -3.58. The molecule has 1 atom stereocenters. The second-order valence-corrected chi connectivity index (χ2v) is 11.5. The Balaban J connectivity index is 1.61. The summed E-state index contributed by atoms with van der Waals surface area (Å²) in [6.45, 7) is 4.24. The number of piperidine rings is 1. The Kier molecular flexibility index (Phi) is 5.33. The van der Waals surface area contributed by atoms with Crippen molar-refractivity contribution in [1.82, 2.24) is 19.0 Å². The number of carbonyl (C=O) groups excluding carboxylic acids is 2. The van der Waals surface area contributed by atoms with Gasteiger partial charge in [0, 0.05) is 59.3 Å². The highest BCUT2D eigenvalue weighted by atomic mass is 32.2. The van der Waals surface area contributed by atoms with E-state index in [9.17, 15) is 18.0 Å². The molecule has 170 valence electrons. The molecule has 3 amide bonds. The molecule has 8 nitrogen and oxygen atoms in total. The molecule has 1 aromatic rings. The predicted molar refractivity (Wildman–Crippen MR) is 117 cm³/mol. The molecule has 9 heteroatoms. The highest BCUT2D eigenvalue weighted by molar-refractivity contribution is 7.89. The fourth-order valence-corrected chi connectivity index (χ4v) is 7.15. The number of nitrogens with zero attached hydrogens (tertiary/aromatic N) is 4. The third kappa shape index (κ3) is 3.33. The number of hydrogen-bond donors (Lipinski definition) is 0. The van der Waals surface area contributed by atoms with Crippen LogP contribution in [0.1, 0.15) is 24.8 Å². The molecule has 3 fully saturated rings. The molecule has 1 aromatic carbocycles. The van der Waals surface area contributed by atoms with Gasteiger partial charge < -0.3 is 14.7 Å². The molecule has 4 rings (SSSR count). The summed E-state index contributed by atoms with van der Waals surface area (Å²) in [5, 5.41) is 0. The number of amides is 3. The average molecular weight is 449 g/mol. The van der Waals surface area contributed by atoms with E-state index in [0.717, 1.165) is 5.56 Å². The average Bonchev–Trinajstić information content (AvgIpc) is 3.21. The summed E-state index contributed by atoms with van der Waals surface area (Å²) >= 11 is 0. The molecule has 31 heavy (non-hydrogen) atoms. The van der Waals surface area contributed by atoms with Gasteiger partial charge in [0.25, 0.3) is 0 Å². The number of fused-ring (bicyclic) bond motifs is 1. The van der Waals surface area contributed by atoms with E-state index >= 15 is 0 Å². The molecule has 0 aliphatic carbocycles. The second-order valence-electron chi connectivity index (χ2n) is 9.59. The molecule has 0 N–H and O–H groups in total. The number of hydrogen-bond acceptors (Lipinski definition) is 4. The summed E-state index contributed by atoms with van der Waals surface area (Å²) < 4.78 is 27.9. The third-order valence-corrected chi connectivity index (χ3v) is 9.50. The summed E-state index contributed by atoms with van der Waals surface area (Å²) in [7, 11) is 1.68. The van der Waals surface area contributed by atoms with Crippen LogP contribution in [0.25, 0.3) is 0 Å². The topological polar surface area (TPSA) is 81.2 Å². The molecular formula is C22H32N4O4S. The van der Waals surface area contributed by atoms with Crippen LogP contribution < -0.4 is 0 Å². The number of likely N-dealkylation sites (tertiary alicyclic amines) is 2. The Bertz CT molecular complexity index is 983. The Morgan fingerprint density at radius 3 is 2.13 bits per heavy atom. The van der Waals surface area contributed by atoms with Crippen LogP contribution in [0.3, 0.4) is 0 Å². The van der Waals surface area contributed by atoms with Gasteiger partial charge in [-0.05, 0) is 38.3 Å². The zero-order valence-corrected chi connectivity index (χ0v) is 19.6. The molecule has 2 spiro atoms. The predicted octanol–water partition coefficient (Wildman–Crippen LogP) is 1.61. The molecule has 3 heterocycles. The smallest absolute Gasteiger partial charge is 0.319 e. The molecule has 3 aliphatic rings. The summed E-state index contributed by atoms with van der Waals surface area (Å²) in [6, 6.07) is 6.83. The molecular weight excluding hydrogens is 416 g/mol. The van der Waals surface area contributed by atoms with Crippen LogP contribution in [0.4, 0.5) is 4.79 Å². The lowest BCUT2D eigenvalue weighted by Gasteiger charge is -2.46. The molecule has 0 radical (unpaired) electrons. The van der Waals surface area contributed by atoms with Gasteiger partial charge in [0.15, 0.2) is 0 Å². The van der Waals surface area contributed by atoms with Crippen LogP contribution in [0, 0.1) is 17.8 Å². The van der Waals surface area contributed by atoms with Gasteiger partial charge in [-0.25, -0.2) is 13.2 Å². The van der Waals surface area contributed by atoms with Crippen LogP contribution in [-0.2, 0) is 14.8 Å². The zero-order valence-electron chi connectivity index (χ0n) is 18.8. The van der Waals surface area contributed by atoms with Crippen LogP contribution in [0.5, 0.6) is 0 Å². The van der Waals surface area contributed by atoms with Gasteiger partial charge in [-0.3, -0.25) is 4.79 Å². The molecule has 0 saturated carbocycles. The number of benzene rings is 1. The lowest BCUT2D eigenvalue weighted by Crippen LogP contribution is -2.53. The van der Waals surface area contributed by atoms with Gasteiger partial charge in [-0.15, -0.1) is 0 Å². The Hall–Kier alpha value is -2.13. The quantitative estimate of drug-likeness (QED) is 0.688. The first-order valence-corrected chi connectivity index (χ1v) is 12.3. The van der Waals surface area contributed by atoms with Crippen LogP contribution >= 0.6 is 0 Å². The first kappa shape index (κ1) is 22.1. The molecule has 1 unspecified atom stereocenters. The van der Waals surface area contributed by atoms with E-state index < -0.39 is 15.4 Å². The number of rotatable bonds is 2. The molecule has 3 aliphatic heterocycles. The van der Waals surface area contributed by atoms with Gasteiger partial charge >= 0.3 is 6.03 Å². The standard InChI is InChI=1S/C22H32N4O4S/c1-17-5-7-18(8-6-17)31(29,30)26-13-9-21(10-14-26)15-25(20(28)23(2)3)16-22(21)11-12-24(4)19(22)27/h5-8H,9-16H2,1-4H3. The van der Waals surface area contributed by atoms with Crippen molar-refractivity contribution in [1.29, 1.82) is 0 Å². The van der Waals surface area contributed by atoms with E-state index in [2.05, 4.69) is 0 Å². The van der Waals surface area contributed by atoms with Gasteiger partial charge in [0.05, 0.1) is 10.3 Å². The van der Waals surface area contributed by atoms with Crippen molar-refractivity contribution in [3.8, 4) is 0 Å². The van der Waals surface area contributed by atoms with Crippen molar-refractivity contribution in [2.45, 2.75) is 31.1 Å². The Morgan fingerprint density at radius 1 is 1.00 bits per heavy atom. The molecule has 0 bridgehead atoms. The number of sulfonamides is 1. The fourth-order valence-electron chi connectivity index (χ4n) is 5.71. The number of aryl methyl sites for hydroxylation is 1. The number of carbonyl (C=O) groups is 2. The minimum Gasteiger partial charge on any atom is -0.345 e. The van der Waals surface area contributed by atoms with E-state index in [-0.39, 0.29) is 17.4 Å². The zero-order chi connectivity index (χ0) is 22.6. The lowest BCUT2D eigenvalue weighted by atomic mass is 9.60.